The van der Waals surface area contributed by atoms with Crippen molar-refractivity contribution in [1.82, 2.24) is 0 Å². The minimum Gasteiger partial charge on any atom is -0.481 e. The Bertz CT molecular complexity index is 266. The molecule has 1 N–H and O–H groups in total. The average Bonchev–Trinajstić information content (AvgIpc) is 2.00. The Morgan fingerprint density at radius 1 is 1.36 bits per heavy atom. The predicted molar refractivity (Wildman–Crippen MR) is 50.8 cm³/mol. The molecule has 0 aliphatic heterocycles. The molecule has 0 aromatic heterocycles. The molecule has 2 saturated carbocycles. The van der Waals surface area contributed by atoms with Gasteiger partial charge in [0.1, 0.15) is 5.78 Å². The number of hydrogen-bond acceptors (Lipinski definition) is 2. The standard InChI is InChI=1S/C11H16O3/c1-11(10(13)14)5-7-2-8(6-11)4-9(12)3-7/h7-8H,2-6H2,1H3,(H,13,14). The number of Topliss-reactive ketones (excluding diaryl/α,β-unsaturated/α-hetero) is 1. The zero-order chi connectivity index (χ0) is 10.3. The van der Waals surface area contributed by atoms with Crippen LogP contribution in [0, 0.1) is 17.3 Å². The molecule has 0 heterocycles. The number of aliphatic carboxylic acids is 1. The molecule has 2 unspecified atom stereocenters. The van der Waals surface area contributed by atoms with Crippen LogP contribution in [-0.4, -0.2) is 16.9 Å². The van der Waals surface area contributed by atoms with Crippen molar-refractivity contribution in [3.05, 3.63) is 0 Å². The first-order valence-electron chi connectivity index (χ1n) is 5.25. The maximum Gasteiger partial charge on any atom is 0.309 e. The summed E-state index contributed by atoms with van der Waals surface area (Å²) < 4.78 is 0. The topological polar surface area (TPSA) is 54.4 Å². The Morgan fingerprint density at radius 2 is 1.86 bits per heavy atom. The van der Waals surface area contributed by atoms with Crippen LogP contribution in [0.15, 0.2) is 0 Å². The molecule has 3 nitrogen and oxygen atoms in total. The summed E-state index contributed by atoms with van der Waals surface area (Å²) in [5, 5.41) is 9.13. The van der Waals surface area contributed by atoms with Crippen LogP contribution in [0.5, 0.6) is 0 Å². The molecule has 0 spiro atoms. The van der Waals surface area contributed by atoms with Gasteiger partial charge in [-0.05, 0) is 38.0 Å². The molecule has 0 aromatic carbocycles. The van der Waals surface area contributed by atoms with E-state index < -0.39 is 11.4 Å². The van der Waals surface area contributed by atoms with E-state index >= 15 is 0 Å². The molecular weight excluding hydrogens is 180 g/mol. The quantitative estimate of drug-likeness (QED) is 0.696. The lowest BCUT2D eigenvalue weighted by molar-refractivity contribution is -0.154. The van der Waals surface area contributed by atoms with Crippen molar-refractivity contribution in [1.29, 1.82) is 0 Å². The van der Waals surface area contributed by atoms with Gasteiger partial charge >= 0.3 is 5.97 Å². The highest BCUT2D eigenvalue weighted by atomic mass is 16.4. The number of rotatable bonds is 1. The summed E-state index contributed by atoms with van der Waals surface area (Å²) in [6.45, 7) is 1.82. The molecule has 0 saturated heterocycles. The van der Waals surface area contributed by atoms with Crippen molar-refractivity contribution >= 4 is 11.8 Å². The average molecular weight is 196 g/mol. The van der Waals surface area contributed by atoms with E-state index in [1.54, 1.807) is 0 Å². The summed E-state index contributed by atoms with van der Waals surface area (Å²) in [6.07, 6.45) is 3.66. The maximum absolute atomic E-state index is 11.3. The summed E-state index contributed by atoms with van der Waals surface area (Å²) in [7, 11) is 0. The van der Waals surface area contributed by atoms with Crippen LogP contribution in [0.2, 0.25) is 0 Å². The largest absolute Gasteiger partial charge is 0.481 e. The fraction of sp³-hybridized carbons (Fsp3) is 0.818. The van der Waals surface area contributed by atoms with E-state index in [9.17, 15) is 9.59 Å². The number of ketones is 1. The lowest BCUT2D eigenvalue weighted by Crippen LogP contribution is -2.41. The second-order valence-electron chi connectivity index (χ2n) is 5.19. The molecule has 78 valence electrons. The monoisotopic (exact) mass is 196 g/mol. The van der Waals surface area contributed by atoms with Gasteiger partial charge in [-0.25, -0.2) is 0 Å². The number of carboxylic acids is 1. The number of hydrogen-bond donors (Lipinski definition) is 1. The Morgan fingerprint density at radius 3 is 2.29 bits per heavy atom. The van der Waals surface area contributed by atoms with Gasteiger partial charge in [0.25, 0.3) is 0 Å². The first-order valence-corrected chi connectivity index (χ1v) is 5.25. The summed E-state index contributed by atoms with van der Waals surface area (Å²) >= 11 is 0. The number of carboxylic acid groups (broad SMARTS) is 1. The number of carbonyl (C=O) groups excluding carboxylic acids is 1. The van der Waals surface area contributed by atoms with Crippen molar-refractivity contribution in [2.45, 2.75) is 39.0 Å². The Hall–Kier alpha value is -0.860. The Labute approximate surface area is 83.5 Å². The summed E-state index contributed by atoms with van der Waals surface area (Å²) in [4.78, 5) is 22.4. The van der Waals surface area contributed by atoms with E-state index in [4.69, 9.17) is 5.11 Å². The van der Waals surface area contributed by atoms with Crippen LogP contribution in [0.25, 0.3) is 0 Å². The first kappa shape index (κ1) is 9.69. The second-order valence-corrected chi connectivity index (χ2v) is 5.19. The van der Waals surface area contributed by atoms with Gasteiger partial charge in [0.05, 0.1) is 5.41 Å². The van der Waals surface area contributed by atoms with Gasteiger partial charge in [-0.3, -0.25) is 9.59 Å². The third kappa shape index (κ3) is 1.56. The maximum atomic E-state index is 11.3. The van der Waals surface area contributed by atoms with Gasteiger partial charge in [-0.2, -0.15) is 0 Å². The van der Waals surface area contributed by atoms with Gasteiger partial charge in [0.15, 0.2) is 0 Å². The SMILES string of the molecule is CC1(C(=O)O)CC2CC(=O)CC(C2)C1. The van der Waals surface area contributed by atoms with Crippen LogP contribution < -0.4 is 0 Å². The molecule has 2 atom stereocenters. The van der Waals surface area contributed by atoms with Crippen LogP contribution in [0.4, 0.5) is 0 Å². The first-order chi connectivity index (χ1) is 6.49. The molecule has 0 amide bonds. The smallest absolute Gasteiger partial charge is 0.309 e. The molecule has 14 heavy (non-hydrogen) atoms. The van der Waals surface area contributed by atoms with Gasteiger partial charge in [0, 0.05) is 12.8 Å². The third-order valence-electron chi connectivity index (χ3n) is 3.69. The number of carbonyl (C=O) groups is 2. The molecule has 2 aliphatic carbocycles. The van der Waals surface area contributed by atoms with Crippen LogP contribution in [-0.2, 0) is 9.59 Å². The summed E-state index contributed by atoms with van der Waals surface area (Å²) in [5.41, 5.74) is -0.575. The highest BCUT2D eigenvalue weighted by Crippen LogP contribution is 2.47. The van der Waals surface area contributed by atoms with Crippen molar-refractivity contribution < 1.29 is 14.7 Å². The highest BCUT2D eigenvalue weighted by molar-refractivity contribution is 5.81. The molecule has 0 radical (unpaired) electrons. The van der Waals surface area contributed by atoms with Crippen LogP contribution in [0.3, 0.4) is 0 Å². The lowest BCUT2D eigenvalue weighted by atomic mass is 9.61. The van der Waals surface area contributed by atoms with E-state index in [0.717, 1.165) is 6.42 Å². The minimum absolute atomic E-state index is 0.330. The van der Waals surface area contributed by atoms with Gasteiger partial charge in [0.2, 0.25) is 0 Å². The molecule has 2 bridgehead atoms. The van der Waals surface area contributed by atoms with Gasteiger partial charge in [-0.1, -0.05) is 0 Å². The molecule has 2 fully saturated rings. The molecule has 3 heteroatoms. The minimum atomic E-state index is -0.693. The Balaban J connectivity index is 2.16. The molecule has 2 rings (SSSR count). The highest BCUT2D eigenvalue weighted by Gasteiger charge is 2.45. The predicted octanol–water partition coefficient (Wildman–Crippen LogP) is 1.86. The van der Waals surface area contributed by atoms with Gasteiger partial charge in [-0.15, -0.1) is 0 Å². The van der Waals surface area contributed by atoms with E-state index in [1.807, 2.05) is 6.92 Å². The van der Waals surface area contributed by atoms with E-state index in [-0.39, 0.29) is 0 Å². The van der Waals surface area contributed by atoms with Crippen molar-refractivity contribution in [3.8, 4) is 0 Å². The molecule has 0 aromatic rings. The van der Waals surface area contributed by atoms with Crippen molar-refractivity contribution in [3.63, 3.8) is 0 Å². The molecular formula is C11H16O3. The number of fused-ring (bicyclic) bond motifs is 2. The second kappa shape index (κ2) is 3.07. The molecule has 2 aliphatic rings. The fourth-order valence-electron chi connectivity index (χ4n) is 3.21. The van der Waals surface area contributed by atoms with Crippen LogP contribution >= 0.6 is 0 Å². The fourth-order valence-corrected chi connectivity index (χ4v) is 3.21. The zero-order valence-electron chi connectivity index (χ0n) is 8.45. The Kier molecular flexibility index (Phi) is 2.13. The van der Waals surface area contributed by atoms with Crippen molar-refractivity contribution in [2.24, 2.45) is 17.3 Å². The summed E-state index contributed by atoms with van der Waals surface area (Å²) in [6, 6.07) is 0. The zero-order valence-corrected chi connectivity index (χ0v) is 8.45. The van der Waals surface area contributed by atoms with Crippen molar-refractivity contribution in [2.75, 3.05) is 0 Å². The lowest BCUT2D eigenvalue weighted by Gasteiger charge is -2.42. The van der Waals surface area contributed by atoms with E-state index in [2.05, 4.69) is 0 Å². The van der Waals surface area contributed by atoms with Crippen LogP contribution in [0.1, 0.15) is 39.0 Å². The summed E-state index contributed by atoms with van der Waals surface area (Å²) in [5.74, 6) is 0.299. The van der Waals surface area contributed by atoms with Gasteiger partial charge < -0.3 is 5.11 Å². The normalized spacial score (nSPS) is 42.2. The van der Waals surface area contributed by atoms with E-state index in [0.29, 0.717) is 43.3 Å². The van der Waals surface area contributed by atoms with E-state index in [1.165, 1.54) is 0 Å². The third-order valence-corrected chi connectivity index (χ3v) is 3.69.